The smallest absolute Gasteiger partial charge is 0.305 e. The monoisotopic (exact) mass is 207 g/mol. The second-order valence-corrected chi connectivity index (χ2v) is 3.65. The van der Waals surface area contributed by atoms with Crippen LogP contribution in [0, 0.1) is 0 Å². The molecule has 2 N–H and O–H groups in total. The molecule has 0 aliphatic rings. The second kappa shape index (κ2) is 5.39. The molecule has 0 heterocycles. The topological polar surface area (TPSA) is 49.3 Å². The first-order chi connectivity index (χ1) is 7.13. The van der Waals surface area contributed by atoms with Gasteiger partial charge < -0.3 is 10.4 Å². The van der Waals surface area contributed by atoms with Crippen molar-refractivity contribution in [2.24, 2.45) is 0 Å². The SMILES string of the molecule is CCc1ccccc1NC(C)CC(=O)O. The number of carboxylic acid groups (broad SMARTS) is 1. The van der Waals surface area contributed by atoms with Gasteiger partial charge in [0.25, 0.3) is 0 Å². The van der Waals surface area contributed by atoms with E-state index in [-0.39, 0.29) is 12.5 Å². The van der Waals surface area contributed by atoms with E-state index in [9.17, 15) is 4.79 Å². The van der Waals surface area contributed by atoms with Crippen LogP contribution in [0.25, 0.3) is 0 Å². The molecule has 1 rings (SSSR count). The lowest BCUT2D eigenvalue weighted by Gasteiger charge is -2.15. The Bertz CT molecular complexity index is 336. The molecule has 82 valence electrons. The fourth-order valence-corrected chi connectivity index (χ4v) is 1.55. The van der Waals surface area contributed by atoms with Crippen molar-refractivity contribution in [1.29, 1.82) is 0 Å². The number of rotatable bonds is 5. The Morgan fingerprint density at radius 1 is 1.47 bits per heavy atom. The summed E-state index contributed by atoms with van der Waals surface area (Å²) in [5, 5.41) is 11.9. The van der Waals surface area contributed by atoms with Crippen LogP contribution in [0.2, 0.25) is 0 Å². The molecular weight excluding hydrogens is 190 g/mol. The van der Waals surface area contributed by atoms with Gasteiger partial charge in [-0.15, -0.1) is 0 Å². The molecule has 1 aromatic carbocycles. The van der Waals surface area contributed by atoms with Crippen LogP contribution in [0.5, 0.6) is 0 Å². The van der Waals surface area contributed by atoms with Gasteiger partial charge in [0.05, 0.1) is 6.42 Å². The fraction of sp³-hybridized carbons (Fsp3) is 0.417. The van der Waals surface area contributed by atoms with Crippen molar-refractivity contribution in [3.8, 4) is 0 Å². The van der Waals surface area contributed by atoms with Gasteiger partial charge in [-0.2, -0.15) is 0 Å². The van der Waals surface area contributed by atoms with Crippen LogP contribution < -0.4 is 5.32 Å². The van der Waals surface area contributed by atoms with Crippen molar-refractivity contribution in [2.75, 3.05) is 5.32 Å². The number of aliphatic carboxylic acids is 1. The number of nitrogens with one attached hydrogen (secondary N) is 1. The Labute approximate surface area is 90.1 Å². The van der Waals surface area contributed by atoms with E-state index in [1.807, 2.05) is 25.1 Å². The van der Waals surface area contributed by atoms with Gasteiger partial charge in [0, 0.05) is 11.7 Å². The van der Waals surface area contributed by atoms with Crippen molar-refractivity contribution in [2.45, 2.75) is 32.7 Å². The second-order valence-electron chi connectivity index (χ2n) is 3.65. The van der Waals surface area contributed by atoms with Crippen LogP contribution >= 0.6 is 0 Å². The number of para-hydroxylation sites is 1. The summed E-state index contributed by atoms with van der Waals surface area (Å²) in [5.41, 5.74) is 2.25. The van der Waals surface area contributed by atoms with Crippen LogP contribution in [0.15, 0.2) is 24.3 Å². The Hall–Kier alpha value is -1.51. The average molecular weight is 207 g/mol. The van der Waals surface area contributed by atoms with E-state index in [0.717, 1.165) is 12.1 Å². The summed E-state index contributed by atoms with van der Waals surface area (Å²) in [7, 11) is 0. The first-order valence-electron chi connectivity index (χ1n) is 5.19. The highest BCUT2D eigenvalue weighted by atomic mass is 16.4. The van der Waals surface area contributed by atoms with Crippen LogP contribution in [-0.4, -0.2) is 17.1 Å². The first kappa shape index (κ1) is 11.6. The van der Waals surface area contributed by atoms with Gasteiger partial charge in [-0.25, -0.2) is 0 Å². The summed E-state index contributed by atoms with van der Waals surface area (Å²) in [5.74, 6) is -0.774. The van der Waals surface area contributed by atoms with E-state index < -0.39 is 5.97 Å². The molecule has 0 spiro atoms. The highest BCUT2D eigenvalue weighted by molar-refractivity contribution is 5.68. The minimum Gasteiger partial charge on any atom is -0.481 e. The van der Waals surface area contributed by atoms with E-state index in [2.05, 4.69) is 18.3 Å². The molecule has 0 saturated heterocycles. The van der Waals surface area contributed by atoms with Gasteiger partial charge in [-0.1, -0.05) is 25.1 Å². The Balaban J connectivity index is 2.67. The fourth-order valence-electron chi connectivity index (χ4n) is 1.55. The van der Waals surface area contributed by atoms with Gasteiger partial charge in [-0.3, -0.25) is 4.79 Å². The highest BCUT2D eigenvalue weighted by Crippen LogP contribution is 2.16. The van der Waals surface area contributed by atoms with E-state index in [1.54, 1.807) is 0 Å². The zero-order valence-corrected chi connectivity index (χ0v) is 9.16. The molecule has 0 radical (unpaired) electrons. The number of aryl methyl sites for hydroxylation is 1. The molecule has 0 aliphatic carbocycles. The summed E-state index contributed by atoms with van der Waals surface area (Å²) in [6.45, 7) is 3.96. The number of hydrogen-bond acceptors (Lipinski definition) is 2. The lowest BCUT2D eigenvalue weighted by molar-refractivity contribution is -0.137. The summed E-state index contributed by atoms with van der Waals surface area (Å²) in [6, 6.07) is 7.93. The van der Waals surface area contributed by atoms with Gasteiger partial charge in [0.15, 0.2) is 0 Å². The lowest BCUT2D eigenvalue weighted by atomic mass is 10.1. The maximum absolute atomic E-state index is 10.5. The number of hydrogen-bond donors (Lipinski definition) is 2. The zero-order valence-electron chi connectivity index (χ0n) is 9.16. The minimum absolute atomic E-state index is 0.0461. The van der Waals surface area contributed by atoms with E-state index >= 15 is 0 Å². The molecule has 15 heavy (non-hydrogen) atoms. The van der Waals surface area contributed by atoms with Crippen molar-refractivity contribution in [3.05, 3.63) is 29.8 Å². The molecule has 0 bridgehead atoms. The summed E-state index contributed by atoms with van der Waals surface area (Å²) in [4.78, 5) is 10.5. The molecule has 1 atom stereocenters. The predicted octanol–water partition coefficient (Wildman–Crippen LogP) is 2.52. The molecule has 0 amide bonds. The van der Waals surface area contributed by atoms with E-state index in [0.29, 0.717) is 0 Å². The Morgan fingerprint density at radius 3 is 2.73 bits per heavy atom. The summed E-state index contributed by atoms with van der Waals surface area (Å²) < 4.78 is 0. The Morgan fingerprint density at radius 2 is 2.13 bits per heavy atom. The normalized spacial score (nSPS) is 12.1. The molecule has 0 saturated carbocycles. The minimum atomic E-state index is -0.774. The van der Waals surface area contributed by atoms with Gasteiger partial charge in [0.2, 0.25) is 0 Å². The number of anilines is 1. The van der Waals surface area contributed by atoms with Gasteiger partial charge >= 0.3 is 5.97 Å². The molecule has 3 heteroatoms. The standard InChI is InChI=1S/C12H17NO2/c1-3-10-6-4-5-7-11(10)13-9(2)8-12(14)15/h4-7,9,13H,3,8H2,1-2H3,(H,14,15). The van der Waals surface area contributed by atoms with Crippen molar-refractivity contribution in [1.82, 2.24) is 0 Å². The summed E-state index contributed by atoms with van der Waals surface area (Å²) >= 11 is 0. The van der Waals surface area contributed by atoms with Crippen molar-refractivity contribution in [3.63, 3.8) is 0 Å². The highest BCUT2D eigenvalue weighted by Gasteiger charge is 2.08. The molecule has 1 aromatic rings. The molecule has 3 nitrogen and oxygen atoms in total. The maximum atomic E-state index is 10.5. The van der Waals surface area contributed by atoms with Crippen LogP contribution in [0.3, 0.4) is 0 Å². The zero-order chi connectivity index (χ0) is 11.3. The van der Waals surface area contributed by atoms with Crippen molar-refractivity contribution >= 4 is 11.7 Å². The molecule has 0 aromatic heterocycles. The molecular formula is C12H17NO2. The van der Waals surface area contributed by atoms with Gasteiger partial charge in [0.1, 0.15) is 0 Å². The summed E-state index contributed by atoms with van der Waals surface area (Å²) in [6.07, 6.45) is 1.08. The lowest BCUT2D eigenvalue weighted by Crippen LogP contribution is -2.19. The van der Waals surface area contributed by atoms with Crippen molar-refractivity contribution < 1.29 is 9.90 Å². The number of carbonyl (C=O) groups is 1. The first-order valence-corrected chi connectivity index (χ1v) is 5.19. The number of carboxylic acids is 1. The molecule has 0 aliphatic heterocycles. The van der Waals surface area contributed by atoms with Crippen LogP contribution in [-0.2, 0) is 11.2 Å². The third-order valence-electron chi connectivity index (χ3n) is 2.28. The maximum Gasteiger partial charge on any atom is 0.305 e. The largest absolute Gasteiger partial charge is 0.481 e. The predicted molar refractivity (Wildman–Crippen MR) is 61.2 cm³/mol. The molecule has 1 unspecified atom stereocenters. The Kier molecular flexibility index (Phi) is 4.16. The average Bonchev–Trinajstić information content (AvgIpc) is 2.17. The van der Waals surface area contributed by atoms with Crippen LogP contribution in [0.1, 0.15) is 25.8 Å². The third-order valence-corrected chi connectivity index (χ3v) is 2.28. The number of benzene rings is 1. The quantitative estimate of drug-likeness (QED) is 0.780. The van der Waals surface area contributed by atoms with Gasteiger partial charge in [-0.05, 0) is 25.0 Å². The van der Waals surface area contributed by atoms with E-state index in [4.69, 9.17) is 5.11 Å². The van der Waals surface area contributed by atoms with E-state index in [1.165, 1.54) is 5.56 Å². The third kappa shape index (κ3) is 3.62. The molecule has 0 fully saturated rings. The van der Waals surface area contributed by atoms with Crippen LogP contribution in [0.4, 0.5) is 5.69 Å².